The normalized spacial score (nSPS) is 22.3. The topological polar surface area (TPSA) is 57.7 Å². The molecule has 0 aromatic heterocycles. The Hall–Kier alpha value is -2.17. The highest BCUT2D eigenvalue weighted by atomic mass is 16.2. The molecule has 126 valence electrons. The molecular weight excluding hydrogens is 304 g/mol. The maximum Gasteiger partial charge on any atom is 0.243 e. The van der Waals surface area contributed by atoms with Gasteiger partial charge in [-0.25, -0.2) is 0 Å². The Morgan fingerprint density at radius 3 is 2.54 bits per heavy atom. The van der Waals surface area contributed by atoms with Crippen molar-refractivity contribution in [2.45, 2.75) is 45.1 Å². The maximum absolute atomic E-state index is 12.7. The average Bonchev–Trinajstić information content (AvgIpc) is 3.15. The summed E-state index contributed by atoms with van der Waals surface area (Å²) in [7, 11) is 0. The second kappa shape index (κ2) is 5.72. The van der Waals surface area contributed by atoms with Gasteiger partial charge >= 0.3 is 0 Å². The van der Waals surface area contributed by atoms with Crippen LogP contribution in [-0.4, -0.2) is 40.6 Å². The molecule has 5 heteroatoms. The number of benzene rings is 1. The van der Waals surface area contributed by atoms with Crippen molar-refractivity contribution in [3.05, 3.63) is 35.4 Å². The second-order valence-corrected chi connectivity index (χ2v) is 7.28. The first-order valence-corrected chi connectivity index (χ1v) is 8.78. The van der Waals surface area contributed by atoms with E-state index < -0.39 is 5.41 Å². The van der Waals surface area contributed by atoms with Crippen LogP contribution in [0.5, 0.6) is 0 Å². The van der Waals surface area contributed by atoms with E-state index >= 15 is 0 Å². The molecule has 3 aliphatic rings. The molecule has 5 nitrogen and oxygen atoms in total. The molecule has 24 heavy (non-hydrogen) atoms. The number of carbonyl (C=O) groups is 3. The number of hydrogen-bond donors (Lipinski definition) is 0. The summed E-state index contributed by atoms with van der Waals surface area (Å²) < 4.78 is 0. The highest BCUT2D eigenvalue weighted by Gasteiger charge is 2.53. The highest BCUT2D eigenvalue weighted by molar-refractivity contribution is 6.08. The summed E-state index contributed by atoms with van der Waals surface area (Å²) in [4.78, 5) is 40.6. The minimum atomic E-state index is -0.494. The third kappa shape index (κ3) is 2.43. The molecule has 1 saturated carbocycles. The molecule has 1 spiro atoms. The fraction of sp³-hybridized carbons (Fsp3) is 0.526. The van der Waals surface area contributed by atoms with Gasteiger partial charge in [-0.2, -0.15) is 0 Å². The summed E-state index contributed by atoms with van der Waals surface area (Å²) in [5.74, 6) is -0.412. The van der Waals surface area contributed by atoms with Crippen LogP contribution < -0.4 is 0 Å². The number of nitrogens with zero attached hydrogens (tertiary/aromatic N) is 2. The zero-order chi connectivity index (χ0) is 16.7. The van der Waals surface area contributed by atoms with Gasteiger partial charge in [0.15, 0.2) is 0 Å². The fourth-order valence-electron chi connectivity index (χ4n) is 4.41. The first kappa shape index (κ1) is 15.4. The van der Waals surface area contributed by atoms with E-state index in [0.29, 0.717) is 19.5 Å². The quantitative estimate of drug-likeness (QED) is 0.780. The van der Waals surface area contributed by atoms with Crippen molar-refractivity contribution in [3.8, 4) is 0 Å². The van der Waals surface area contributed by atoms with Crippen LogP contribution in [0, 0.1) is 5.41 Å². The van der Waals surface area contributed by atoms with E-state index in [1.165, 1.54) is 10.5 Å². The van der Waals surface area contributed by atoms with E-state index in [1.54, 1.807) is 4.90 Å². The first-order chi connectivity index (χ1) is 11.6. The Morgan fingerprint density at radius 1 is 1.08 bits per heavy atom. The van der Waals surface area contributed by atoms with E-state index in [1.807, 2.05) is 18.2 Å². The van der Waals surface area contributed by atoms with Crippen molar-refractivity contribution >= 4 is 17.7 Å². The van der Waals surface area contributed by atoms with E-state index in [0.717, 1.165) is 37.7 Å². The van der Waals surface area contributed by atoms with E-state index in [4.69, 9.17) is 0 Å². The second-order valence-electron chi connectivity index (χ2n) is 7.28. The van der Waals surface area contributed by atoms with Crippen LogP contribution in [0.4, 0.5) is 0 Å². The molecule has 0 atom stereocenters. The lowest BCUT2D eigenvalue weighted by molar-refractivity contribution is -0.147. The number of fused-ring (bicyclic) bond motifs is 1. The molecular formula is C19H22N2O3. The third-order valence-corrected chi connectivity index (χ3v) is 5.83. The summed E-state index contributed by atoms with van der Waals surface area (Å²) >= 11 is 0. The number of hydrogen-bond acceptors (Lipinski definition) is 3. The Bertz CT molecular complexity index is 706. The lowest BCUT2D eigenvalue weighted by Gasteiger charge is -2.30. The van der Waals surface area contributed by atoms with Crippen LogP contribution in [0.25, 0.3) is 0 Å². The minimum absolute atomic E-state index is 0.0957. The molecule has 0 N–H and O–H groups in total. The number of likely N-dealkylation sites (tertiary alicyclic amines) is 1. The van der Waals surface area contributed by atoms with Crippen LogP contribution >= 0.6 is 0 Å². The van der Waals surface area contributed by atoms with E-state index in [-0.39, 0.29) is 24.3 Å². The average molecular weight is 326 g/mol. The maximum atomic E-state index is 12.7. The molecule has 2 heterocycles. The highest BCUT2D eigenvalue weighted by Crippen LogP contribution is 2.46. The summed E-state index contributed by atoms with van der Waals surface area (Å²) in [5, 5.41) is 0. The van der Waals surface area contributed by atoms with Crippen molar-refractivity contribution in [3.63, 3.8) is 0 Å². The van der Waals surface area contributed by atoms with Crippen LogP contribution in [-0.2, 0) is 27.3 Å². The number of carbonyl (C=O) groups excluding carboxylic acids is 3. The van der Waals surface area contributed by atoms with Gasteiger partial charge in [-0.15, -0.1) is 0 Å². The number of amides is 3. The van der Waals surface area contributed by atoms with Crippen LogP contribution in [0.15, 0.2) is 24.3 Å². The van der Waals surface area contributed by atoms with Gasteiger partial charge in [0, 0.05) is 19.5 Å². The first-order valence-electron chi connectivity index (χ1n) is 8.78. The monoisotopic (exact) mass is 326 g/mol. The standard InChI is InChI=1S/C19H22N2O3/c22-16-11-19(8-3-4-9-19)18(24)21(16)13-17(23)20-10-7-14-5-1-2-6-15(14)12-20/h1-2,5-6H,3-4,7-13H2. The Morgan fingerprint density at radius 2 is 1.79 bits per heavy atom. The van der Waals surface area contributed by atoms with Crippen LogP contribution in [0.2, 0.25) is 0 Å². The fourth-order valence-corrected chi connectivity index (χ4v) is 4.41. The van der Waals surface area contributed by atoms with Gasteiger partial charge < -0.3 is 4.90 Å². The van der Waals surface area contributed by atoms with E-state index in [9.17, 15) is 14.4 Å². The van der Waals surface area contributed by atoms with Crippen LogP contribution in [0.1, 0.15) is 43.2 Å². The van der Waals surface area contributed by atoms with Crippen molar-refractivity contribution < 1.29 is 14.4 Å². The van der Waals surface area contributed by atoms with Gasteiger partial charge in [0.25, 0.3) is 0 Å². The predicted molar refractivity (Wildman–Crippen MR) is 87.8 cm³/mol. The Balaban J connectivity index is 1.45. The van der Waals surface area contributed by atoms with Crippen LogP contribution in [0.3, 0.4) is 0 Å². The van der Waals surface area contributed by atoms with Gasteiger partial charge in [0.1, 0.15) is 6.54 Å². The van der Waals surface area contributed by atoms with Gasteiger partial charge in [-0.3, -0.25) is 19.3 Å². The van der Waals surface area contributed by atoms with Gasteiger partial charge in [-0.1, -0.05) is 37.1 Å². The molecule has 2 fully saturated rings. The molecule has 1 aliphatic carbocycles. The molecule has 0 unspecified atom stereocenters. The van der Waals surface area contributed by atoms with Crippen molar-refractivity contribution in [2.24, 2.45) is 5.41 Å². The third-order valence-electron chi connectivity index (χ3n) is 5.83. The molecule has 3 amide bonds. The van der Waals surface area contributed by atoms with E-state index in [2.05, 4.69) is 6.07 Å². The summed E-state index contributed by atoms with van der Waals surface area (Å²) in [6, 6.07) is 8.12. The van der Waals surface area contributed by atoms with Gasteiger partial charge in [-0.05, 0) is 30.4 Å². The van der Waals surface area contributed by atoms with Crippen molar-refractivity contribution in [1.82, 2.24) is 9.80 Å². The lowest BCUT2D eigenvalue weighted by Crippen LogP contribution is -2.45. The zero-order valence-corrected chi connectivity index (χ0v) is 13.8. The Kier molecular flexibility index (Phi) is 3.66. The molecule has 1 aromatic rings. The summed E-state index contributed by atoms with van der Waals surface area (Å²) in [6.45, 7) is 1.12. The molecule has 1 aromatic carbocycles. The molecule has 2 aliphatic heterocycles. The molecule has 1 saturated heterocycles. The van der Waals surface area contributed by atoms with Gasteiger partial charge in [0.05, 0.1) is 5.41 Å². The predicted octanol–water partition coefficient (Wildman–Crippen LogP) is 1.89. The Labute approximate surface area is 141 Å². The van der Waals surface area contributed by atoms with Crippen molar-refractivity contribution in [1.29, 1.82) is 0 Å². The summed E-state index contributed by atoms with van der Waals surface area (Å²) in [5.41, 5.74) is 1.94. The molecule has 0 radical (unpaired) electrons. The molecule has 0 bridgehead atoms. The van der Waals surface area contributed by atoms with Crippen molar-refractivity contribution in [2.75, 3.05) is 13.1 Å². The number of rotatable bonds is 2. The molecule has 4 rings (SSSR count). The lowest BCUT2D eigenvalue weighted by atomic mass is 9.84. The SMILES string of the molecule is O=C(CN1C(=O)CC2(CCCC2)C1=O)N1CCc2ccccc2C1. The summed E-state index contributed by atoms with van der Waals surface area (Å²) in [6.07, 6.45) is 4.71. The largest absolute Gasteiger partial charge is 0.336 e. The zero-order valence-electron chi connectivity index (χ0n) is 13.8. The number of imide groups is 1. The smallest absolute Gasteiger partial charge is 0.243 e. The van der Waals surface area contributed by atoms with Gasteiger partial charge in [0.2, 0.25) is 17.7 Å². The minimum Gasteiger partial charge on any atom is -0.336 e.